The summed E-state index contributed by atoms with van der Waals surface area (Å²) in [5.74, 6) is 0.559. The summed E-state index contributed by atoms with van der Waals surface area (Å²) in [6.45, 7) is 6.33. The van der Waals surface area contributed by atoms with Crippen molar-refractivity contribution in [3.05, 3.63) is 59.9 Å². The van der Waals surface area contributed by atoms with Crippen molar-refractivity contribution in [3.63, 3.8) is 0 Å². The maximum absolute atomic E-state index is 12.4. The summed E-state index contributed by atoms with van der Waals surface area (Å²) in [5, 5.41) is 9.32. The van der Waals surface area contributed by atoms with Crippen molar-refractivity contribution in [2.24, 2.45) is 29.4 Å². The highest BCUT2D eigenvalue weighted by molar-refractivity contribution is 5.84. The van der Waals surface area contributed by atoms with Crippen molar-refractivity contribution in [1.82, 2.24) is 4.98 Å². The number of nitrogens with two attached hydrogens (primary N) is 1. The number of hydrogen-bond acceptors (Lipinski definition) is 5. The van der Waals surface area contributed by atoms with Gasteiger partial charge < -0.3 is 10.5 Å². The molecule has 4 rings (SSSR count). The molecule has 6 atom stereocenters. The minimum Gasteiger partial charge on any atom is -0.461 e. The monoisotopic (exact) mass is 401 g/mol. The average molecular weight is 402 g/mol. The number of allylic oxidation sites excluding steroid dienone is 1. The van der Waals surface area contributed by atoms with E-state index in [2.05, 4.69) is 31.0 Å². The fourth-order valence-electron chi connectivity index (χ4n) is 5.21. The third-order valence-corrected chi connectivity index (χ3v) is 6.99. The van der Waals surface area contributed by atoms with Gasteiger partial charge in [-0.15, -0.1) is 0 Å². The van der Waals surface area contributed by atoms with Gasteiger partial charge in [0.05, 0.1) is 17.3 Å². The Labute approximate surface area is 177 Å². The largest absolute Gasteiger partial charge is 0.461 e. The van der Waals surface area contributed by atoms with Gasteiger partial charge in [0.25, 0.3) is 0 Å². The van der Waals surface area contributed by atoms with E-state index in [1.165, 1.54) is 0 Å². The van der Waals surface area contributed by atoms with E-state index in [1.54, 1.807) is 12.3 Å². The van der Waals surface area contributed by atoms with Crippen LogP contribution in [0.2, 0.25) is 0 Å². The van der Waals surface area contributed by atoms with Crippen LogP contribution in [0.15, 0.2) is 48.7 Å². The summed E-state index contributed by atoms with van der Waals surface area (Å²) >= 11 is 0. The summed E-state index contributed by atoms with van der Waals surface area (Å²) < 4.78 is 5.54. The second-order valence-corrected chi connectivity index (χ2v) is 8.78. The van der Waals surface area contributed by atoms with E-state index in [-0.39, 0.29) is 23.9 Å². The molecule has 5 heteroatoms. The molecule has 1 unspecified atom stereocenters. The topological polar surface area (TPSA) is 89.0 Å². The molecule has 1 aliphatic heterocycles. The molecule has 0 amide bonds. The van der Waals surface area contributed by atoms with E-state index < -0.39 is 5.54 Å². The van der Waals surface area contributed by atoms with Crippen molar-refractivity contribution >= 4 is 12.0 Å². The Hall–Kier alpha value is -2.97. The molecule has 2 N–H and O–H groups in total. The number of ether oxygens (including phenoxy) is 1. The van der Waals surface area contributed by atoms with E-state index in [9.17, 15) is 10.1 Å². The first-order valence-corrected chi connectivity index (χ1v) is 10.5. The van der Waals surface area contributed by atoms with Crippen LogP contribution in [0, 0.1) is 35.0 Å². The maximum Gasteiger partial charge on any atom is 0.326 e. The number of pyridine rings is 1. The molecule has 2 heterocycles. The lowest BCUT2D eigenvalue weighted by molar-refractivity contribution is -0.145. The maximum atomic E-state index is 12.4. The van der Waals surface area contributed by atoms with Gasteiger partial charge >= 0.3 is 5.97 Å². The lowest BCUT2D eigenvalue weighted by atomic mass is 9.59. The van der Waals surface area contributed by atoms with Gasteiger partial charge in [-0.05, 0) is 49.3 Å². The molecule has 2 fully saturated rings. The molecule has 5 nitrogen and oxygen atoms in total. The fourth-order valence-corrected chi connectivity index (χ4v) is 5.21. The van der Waals surface area contributed by atoms with E-state index in [4.69, 9.17) is 10.5 Å². The zero-order chi connectivity index (χ0) is 21.5. The first kappa shape index (κ1) is 20.3. The third-order valence-electron chi connectivity index (χ3n) is 6.99. The zero-order valence-electron chi connectivity index (χ0n) is 17.6. The van der Waals surface area contributed by atoms with Crippen LogP contribution in [-0.4, -0.2) is 22.6 Å². The third kappa shape index (κ3) is 3.32. The summed E-state index contributed by atoms with van der Waals surface area (Å²) in [7, 11) is 0. The predicted molar refractivity (Wildman–Crippen MR) is 116 cm³/mol. The predicted octanol–water partition coefficient (Wildman–Crippen LogP) is 4.18. The summed E-state index contributed by atoms with van der Waals surface area (Å²) in [4.78, 5) is 17.0. The van der Waals surface area contributed by atoms with Crippen LogP contribution in [0.1, 0.15) is 38.4 Å². The van der Waals surface area contributed by atoms with Gasteiger partial charge in [0, 0.05) is 23.2 Å². The van der Waals surface area contributed by atoms with Crippen molar-refractivity contribution in [2.75, 3.05) is 0 Å². The number of esters is 1. The molecule has 1 aliphatic carbocycles. The minimum atomic E-state index is -0.904. The molecule has 154 valence electrons. The molecule has 30 heavy (non-hydrogen) atoms. The van der Waals surface area contributed by atoms with Gasteiger partial charge in [-0.2, -0.15) is 5.26 Å². The van der Waals surface area contributed by atoms with E-state index >= 15 is 0 Å². The zero-order valence-corrected chi connectivity index (χ0v) is 17.6. The van der Waals surface area contributed by atoms with Crippen LogP contribution in [0.25, 0.3) is 17.2 Å². The normalized spacial score (nSPS) is 33.2. The molecule has 1 saturated heterocycles. The lowest BCUT2D eigenvalue weighted by Crippen LogP contribution is -2.58. The fraction of sp³-hybridized carbons (Fsp3) is 0.400. The summed E-state index contributed by atoms with van der Waals surface area (Å²) in [6.07, 6.45) is 6.43. The molecule has 1 aromatic carbocycles. The van der Waals surface area contributed by atoms with Crippen LogP contribution in [0.4, 0.5) is 0 Å². The SMILES string of the molecule is CC1[C@@H](C)C[C@@]2(N)C(=O)O[C@H](C)[C@H]2[C@H]1/C=C/c1ccc(-c2ccccc2C#N)cn1. The van der Waals surface area contributed by atoms with Crippen LogP contribution < -0.4 is 5.73 Å². The number of hydrogen-bond donors (Lipinski definition) is 1. The quantitative estimate of drug-likeness (QED) is 0.779. The van der Waals surface area contributed by atoms with Crippen molar-refractivity contribution in [3.8, 4) is 17.2 Å². The minimum absolute atomic E-state index is 0.0331. The van der Waals surface area contributed by atoms with E-state index in [0.717, 1.165) is 16.8 Å². The van der Waals surface area contributed by atoms with Crippen molar-refractivity contribution < 1.29 is 9.53 Å². The number of nitrogens with zero attached hydrogens (tertiary/aromatic N) is 2. The Kier molecular flexibility index (Phi) is 5.21. The standard InChI is InChI=1S/C25H27N3O2/c1-15-12-25(27)23(17(3)30-24(25)29)21(16(15)2)11-10-20-9-8-19(14-28-20)22-7-5-4-6-18(22)13-26/h4-11,14-17,21,23H,12,27H2,1-3H3/b11-10+/t15-,16?,17+,21-,23-,25-/m0/s1. The highest BCUT2D eigenvalue weighted by Crippen LogP contribution is 2.50. The molecule has 1 saturated carbocycles. The number of carbonyl (C=O) groups excluding carboxylic acids is 1. The molecule has 2 aromatic rings. The number of fused-ring (bicyclic) bond motifs is 1. The molecule has 0 bridgehead atoms. The van der Waals surface area contributed by atoms with Crippen molar-refractivity contribution in [1.29, 1.82) is 5.26 Å². The van der Waals surface area contributed by atoms with Crippen LogP contribution in [-0.2, 0) is 9.53 Å². The van der Waals surface area contributed by atoms with Gasteiger partial charge in [0.1, 0.15) is 11.6 Å². The highest BCUT2D eigenvalue weighted by Gasteiger charge is 2.60. The summed E-state index contributed by atoms with van der Waals surface area (Å²) in [5.41, 5.74) is 8.92. The Bertz CT molecular complexity index is 1020. The first-order valence-electron chi connectivity index (χ1n) is 10.5. The Morgan fingerprint density at radius 3 is 2.70 bits per heavy atom. The lowest BCUT2D eigenvalue weighted by Gasteiger charge is -2.45. The Morgan fingerprint density at radius 1 is 1.23 bits per heavy atom. The van der Waals surface area contributed by atoms with Gasteiger partial charge in [-0.25, -0.2) is 0 Å². The van der Waals surface area contributed by atoms with E-state index in [0.29, 0.717) is 23.8 Å². The number of carbonyl (C=O) groups is 1. The molecular formula is C25H27N3O2. The molecule has 0 spiro atoms. The second-order valence-electron chi connectivity index (χ2n) is 8.78. The van der Waals surface area contributed by atoms with Crippen LogP contribution in [0.3, 0.4) is 0 Å². The number of nitriles is 1. The molecular weight excluding hydrogens is 374 g/mol. The second kappa shape index (κ2) is 7.70. The van der Waals surface area contributed by atoms with Crippen LogP contribution in [0.5, 0.6) is 0 Å². The Morgan fingerprint density at radius 2 is 2.00 bits per heavy atom. The smallest absolute Gasteiger partial charge is 0.326 e. The molecule has 2 aliphatic rings. The van der Waals surface area contributed by atoms with Crippen molar-refractivity contribution in [2.45, 2.75) is 38.8 Å². The Balaban J connectivity index is 1.60. The summed E-state index contributed by atoms with van der Waals surface area (Å²) in [6, 6.07) is 13.7. The first-order chi connectivity index (χ1) is 14.3. The average Bonchev–Trinajstić information content (AvgIpc) is 2.97. The van der Waals surface area contributed by atoms with Gasteiger partial charge in [0.2, 0.25) is 0 Å². The van der Waals surface area contributed by atoms with Gasteiger partial charge in [-0.1, -0.05) is 44.2 Å². The number of benzene rings is 1. The highest BCUT2D eigenvalue weighted by atomic mass is 16.6. The number of rotatable bonds is 3. The van der Waals surface area contributed by atoms with Gasteiger partial charge in [0.15, 0.2) is 0 Å². The van der Waals surface area contributed by atoms with Crippen LogP contribution >= 0.6 is 0 Å². The van der Waals surface area contributed by atoms with E-state index in [1.807, 2.05) is 43.3 Å². The molecule has 1 aromatic heterocycles. The number of cyclic esters (lactones) is 1. The van der Waals surface area contributed by atoms with Gasteiger partial charge in [-0.3, -0.25) is 9.78 Å². The molecule has 0 radical (unpaired) electrons. The number of aromatic nitrogens is 1.